The maximum atomic E-state index is 12.0. The first-order valence-corrected chi connectivity index (χ1v) is 6.19. The van der Waals surface area contributed by atoms with Gasteiger partial charge in [-0.15, -0.1) is 0 Å². The molecular weight excluding hydrogens is 210 g/mol. The Bertz CT molecular complexity index is 428. The number of carbonyl (C=O) groups is 1. The van der Waals surface area contributed by atoms with E-state index in [2.05, 4.69) is 23.5 Å². The van der Waals surface area contributed by atoms with Crippen LogP contribution in [0.15, 0.2) is 30.4 Å². The number of amides is 1. The van der Waals surface area contributed by atoms with E-state index in [-0.39, 0.29) is 11.8 Å². The Morgan fingerprint density at radius 2 is 1.88 bits per heavy atom. The first-order valence-electron chi connectivity index (χ1n) is 6.19. The van der Waals surface area contributed by atoms with E-state index >= 15 is 0 Å². The summed E-state index contributed by atoms with van der Waals surface area (Å²) in [5.74, 6) is 0.292. The maximum Gasteiger partial charge on any atom is 0.227 e. The topological polar surface area (TPSA) is 29.1 Å². The monoisotopic (exact) mass is 229 g/mol. The van der Waals surface area contributed by atoms with Crippen LogP contribution in [0.25, 0.3) is 0 Å². The van der Waals surface area contributed by atoms with E-state index in [9.17, 15) is 4.79 Å². The molecule has 0 heterocycles. The van der Waals surface area contributed by atoms with Crippen LogP contribution >= 0.6 is 0 Å². The molecule has 1 aliphatic carbocycles. The van der Waals surface area contributed by atoms with Gasteiger partial charge in [-0.1, -0.05) is 18.2 Å². The third kappa shape index (κ3) is 3.19. The van der Waals surface area contributed by atoms with Crippen LogP contribution in [0.2, 0.25) is 0 Å². The van der Waals surface area contributed by atoms with Crippen LogP contribution in [-0.4, -0.2) is 5.91 Å². The molecule has 0 aromatic heterocycles. The fraction of sp³-hybridized carbons (Fsp3) is 0.400. The molecule has 90 valence electrons. The minimum Gasteiger partial charge on any atom is -0.326 e. The Kier molecular flexibility index (Phi) is 3.62. The molecular formula is C15H19NO. The Labute approximate surface area is 103 Å². The minimum absolute atomic E-state index is 0.140. The Morgan fingerprint density at radius 1 is 1.18 bits per heavy atom. The summed E-state index contributed by atoms with van der Waals surface area (Å²) >= 11 is 0. The van der Waals surface area contributed by atoms with Crippen molar-refractivity contribution in [3.8, 4) is 0 Å². The van der Waals surface area contributed by atoms with Gasteiger partial charge in [0, 0.05) is 11.6 Å². The lowest BCUT2D eigenvalue weighted by Gasteiger charge is -2.17. The number of hydrogen-bond acceptors (Lipinski definition) is 1. The SMILES string of the molecule is Cc1cc(C)cc(NC(=O)[C@H]2CC=CCC2)c1. The fourth-order valence-electron chi connectivity index (χ4n) is 2.32. The molecule has 1 N–H and O–H groups in total. The molecule has 0 spiro atoms. The zero-order chi connectivity index (χ0) is 12.3. The summed E-state index contributed by atoms with van der Waals surface area (Å²) in [5, 5.41) is 3.02. The van der Waals surface area contributed by atoms with Crippen LogP contribution in [0, 0.1) is 19.8 Å². The second-order valence-corrected chi connectivity index (χ2v) is 4.85. The smallest absolute Gasteiger partial charge is 0.227 e. The largest absolute Gasteiger partial charge is 0.326 e. The first-order chi connectivity index (χ1) is 8.15. The molecule has 1 aliphatic rings. The second kappa shape index (κ2) is 5.17. The van der Waals surface area contributed by atoms with Gasteiger partial charge in [0.25, 0.3) is 0 Å². The number of rotatable bonds is 2. The van der Waals surface area contributed by atoms with E-state index in [1.807, 2.05) is 26.0 Å². The molecule has 1 aromatic carbocycles. The van der Waals surface area contributed by atoms with Gasteiger partial charge in [0.1, 0.15) is 0 Å². The molecule has 2 rings (SSSR count). The third-order valence-electron chi connectivity index (χ3n) is 3.13. The summed E-state index contributed by atoms with van der Waals surface area (Å²) in [6, 6.07) is 6.14. The molecule has 0 bridgehead atoms. The second-order valence-electron chi connectivity index (χ2n) is 4.85. The van der Waals surface area contributed by atoms with Gasteiger partial charge in [-0.25, -0.2) is 0 Å². The average Bonchev–Trinajstić information content (AvgIpc) is 2.28. The zero-order valence-corrected chi connectivity index (χ0v) is 10.5. The van der Waals surface area contributed by atoms with Gasteiger partial charge in [0.15, 0.2) is 0 Å². The maximum absolute atomic E-state index is 12.0. The van der Waals surface area contributed by atoms with Crippen LogP contribution in [-0.2, 0) is 4.79 Å². The van der Waals surface area contributed by atoms with E-state index < -0.39 is 0 Å². The number of carbonyl (C=O) groups excluding carboxylic acids is 1. The van der Waals surface area contributed by atoms with Gasteiger partial charge >= 0.3 is 0 Å². The number of anilines is 1. The molecule has 2 nitrogen and oxygen atoms in total. The highest BCUT2D eigenvalue weighted by Crippen LogP contribution is 2.21. The summed E-state index contributed by atoms with van der Waals surface area (Å²) in [7, 11) is 0. The van der Waals surface area contributed by atoms with E-state index in [1.54, 1.807) is 0 Å². The summed E-state index contributed by atoms with van der Waals surface area (Å²) in [6.07, 6.45) is 7.12. The molecule has 0 saturated heterocycles. The van der Waals surface area contributed by atoms with E-state index in [1.165, 1.54) is 11.1 Å². The van der Waals surface area contributed by atoms with Crippen LogP contribution in [0.3, 0.4) is 0 Å². The Balaban J connectivity index is 2.04. The standard InChI is InChI=1S/C15H19NO/c1-11-8-12(2)10-14(9-11)16-15(17)13-6-4-3-5-7-13/h3-4,8-10,13H,5-7H2,1-2H3,(H,16,17)/t13-/m0/s1. The van der Waals surface area contributed by atoms with Crippen molar-refractivity contribution in [2.24, 2.45) is 5.92 Å². The van der Waals surface area contributed by atoms with E-state index in [0.717, 1.165) is 24.9 Å². The Morgan fingerprint density at radius 3 is 2.47 bits per heavy atom. The van der Waals surface area contributed by atoms with Crippen molar-refractivity contribution in [3.63, 3.8) is 0 Å². The van der Waals surface area contributed by atoms with Crippen molar-refractivity contribution in [1.82, 2.24) is 0 Å². The Hall–Kier alpha value is -1.57. The van der Waals surface area contributed by atoms with Crippen molar-refractivity contribution in [3.05, 3.63) is 41.5 Å². The highest BCUT2D eigenvalue weighted by molar-refractivity contribution is 5.92. The fourth-order valence-corrected chi connectivity index (χ4v) is 2.32. The summed E-state index contributed by atoms with van der Waals surface area (Å²) in [4.78, 5) is 12.0. The quantitative estimate of drug-likeness (QED) is 0.771. The molecule has 1 amide bonds. The summed E-state index contributed by atoms with van der Waals surface area (Å²) in [5.41, 5.74) is 3.29. The van der Waals surface area contributed by atoms with Crippen LogP contribution in [0.5, 0.6) is 0 Å². The van der Waals surface area contributed by atoms with E-state index in [0.29, 0.717) is 0 Å². The zero-order valence-electron chi connectivity index (χ0n) is 10.5. The predicted molar refractivity (Wildman–Crippen MR) is 71.0 cm³/mol. The molecule has 0 fully saturated rings. The van der Waals surface area contributed by atoms with Gasteiger partial charge < -0.3 is 5.32 Å². The summed E-state index contributed by atoms with van der Waals surface area (Å²) < 4.78 is 0. The molecule has 1 aromatic rings. The highest BCUT2D eigenvalue weighted by atomic mass is 16.1. The van der Waals surface area contributed by atoms with Crippen molar-refractivity contribution in [2.45, 2.75) is 33.1 Å². The third-order valence-corrected chi connectivity index (χ3v) is 3.13. The number of hydrogen-bond donors (Lipinski definition) is 1. The highest BCUT2D eigenvalue weighted by Gasteiger charge is 2.18. The number of aryl methyl sites for hydroxylation is 2. The van der Waals surface area contributed by atoms with E-state index in [4.69, 9.17) is 0 Å². The van der Waals surface area contributed by atoms with Gasteiger partial charge in [-0.3, -0.25) is 4.79 Å². The number of allylic oxidation sites excluding steroid dienone is 2. The predicted octanol–water partition coefficient (Wildman–Crippen LogP) is 3.60. The normalized spacial score (nSPS) is 19.1. The van der Waals surface area contributed by atoms with Crippen LogP contribution < -0.4 is 5.32 Å². The lowest BCUT2D eigenvalue weighted by molar-refractivity contribution is -0.120. The van der Waals surface area contributed by atoms with Gasteiger partial charge in [0.2, 0.25) is 5.91 Å². The lowest BCUT2D eigenvalue weighted by Crippen LogP contribution is -2.23. The molecule has 17 heavy (non-hydrogen) atoms. The molecule has 0 aliphatic heterocycles. The van der Waals surface area contributed by atoms with Crippen molar-refractivity contribution < 1.29 is 4.79 Å². The van der Waals surface area contributed by atoms with Crippen LogP contribution in [0.1, 0.15) is 30.4 Å². The van der Waals surface area contributed by atoms with Gasteiger partial charge in [-0.2, -0.15) is 0 Å². The first kappa shape index (κ1) is 11.9. The molecule has 1 atom stereocenters. The molecule has 2 heteroatoms. The number of benzene rings is 1. The van der Waals surface area contributed by atoms with Crippen molar-refractivity contribution >= 4 is 11.6 Å². The van der Waals surface area contributed by atoms with Gasteiger partial charge in [0.05, 0.1) is 0 Å². The van der Waals surface area contributed by atoms with Crippen molar-refractivity contribution in [2.75, 3.05) is 5.32 Å². The minimum atomic E-state index is 0.140. The summed E-state index contributed by atoms with van der Waals surface area (Å²) in [6.45, 7) is 4.10. The molecule has 0 saturated carbocycles. The van der Waals surface area contributed by atoms with Crippen molar-refractivity contribution in [1.29, 1.82) is 0 Å². The van der Waals surface area contributed by atoms with Crippen LogP contribution in [0.4, 0.5) is 5.69 Å². The molecule has 0 radical (unpaired) electrons. The molecule has 0 unspecified atom stereocenters. The van der Waals surface area contributed by atoms with Gasteiger partial charge in [-0.05, 0) is 56.4 Å². The number of nitrogens with one attached hydrogen (secondary N) is 1. The average molecular weight is 229 g/mol. The lowest BCUT2D eigenvalue weighted by atomic mass is 9.93.